The van der Waals surface area contributed by atoms with Gasteiger partial charge in [0.15, 0.2) is 0 Å². The fourth-order valence-corrected chi connectivity index (χ4v) is 3.58. The topological polar surface area (TPSA) is 55.8 Å². The predicted molar refractivity (Wildman–Crippen MR) is 94.0 cm³/mol. The second-order valence-electron chi connectivity index (χ2n) is 6.00. The summed E-state index contributed by atoms with van der Waals surface area (Å²) in [4.78, 5) is 26.8. The van der Waals surface area contributed by atoms with E-state index >= 15 is 0 Å². The van der Waals surface area contributed by atoms with E-state index in [1.54, 1.807) is 0 Å². The number of benzene rings is 2. The molecule has 0 aliphatic carbocycles. The number of methoxy groups -OCH3 is 2. The van der Waals surface area contributed by atoms with Crippen LogP contribution in [0.3, 0.4) is 0 Å². The normalized spacial score (nSPS) is 22.5. The Labute approximate surface area is 147 Å². The zero-order valence-electron chi connectivity index (χ0n) is 14.3. The van der Waals surface area contributed by atoms with Gasteiger partial charge in [0.2, 0.25) is 0 Å². The monoisotopic (exact) mass is 339 g/mol. The number of carbonyl (C=O) groups excluding carboxylic acids is 2. The fraction of sp³-hybridized carbons (Fsp3) is 0.300. The van der Waals surface area contributed by atoms with Crippen LogP contribution in [0.5, 0.6) is 0 Å². The summed E-state index contributed by atoms with van der Waals surface area (Å²) in [6, 6.07) is 18.5. The van der Waals surface area contributed by atoms with Crippen molar-refractivity contribution in [3.05, 3.63) is 66.2 Å². The van der Waals surface area contributed by atoms with Crippen LogP contribution in [0.2, 0.25) is 0 Å². The molecule has 1 fully saturated rings. The number of hydrogen-bond acceptors (Lipinski definition) is 5. The van der Waals surface area contributed by atoms with Gasteiger partial charge >= 0.3 is 11.9 Å². The van der Waals surface area contributed by atoms with Crippen LogP contribution in [0.1, 0.15) is 18.0 Å². The van der Waals surface area contributed by atoms with E-state index in [2.05, 4.69) is 0 Å². The molecule has 5 heteroatoms. The molecule has 0 radical (unpaired) electrons. The highest BCUT2D eigenvalue weighted by atomic mass is 16.5. The molecule has 0 saturated carbocycles. The Hall–Kier alpha value is -2.82. The van der Waals surface area contributed by atoms with Crippen molar-refractivity contribution in [1.82, 2.24) is 0 Å². The summed E-state index contributed by atoms with van der Waals surface area (Å²) in [5.41, 5.74) is 1.84. The van der Waals surface area contributed by atoms with E-state index < -0.39 is 12.0 Å². The summed E-state index contributed by atoms with van der Waals surface area (Å²) >= 11 is 0. The zero-order chi connectivity index (χ0) is 17.8. The van der Waals surface area contributed by atoms with E-state index in [1.807, 2.05) is 65.6 Å². The van der Waals surface area contributed by atoms with Gasteiger partial charge in [-0.25, -0.2) is 4.79 Å². The van der Waals surface area contributed by atoms with Gasteiger partial charge in [0.05, 0.1) is 26.2 Å². The molecule has 3 rings (SSSR count). The number of rotatable bonds is 4. The van der Waals surface area contributed by atoms with Crippen LogP contribution in [-0.4, -0.2) is 32.2 Å². The second-order valence-corrected chi connectivity index (χ2v) is 6.00. The van der Waals surface area contributed by atoms with Crippen molar-refractivity contribution in [1.29, 1.82) is 0 Å². The molecule has 130 valence electrons. The first-order chi connectivity index (χ1) is 12.2. The van der Waals surface area contributed by atoms with Crippen LogP contribution < -0.4 is 4.90 Å². The maximum absolute atomic E-state index is 12.4. The molecule has 1 heterocycles. The van der Waals surface area contributed by atoms with Gasteiger partial charge < -0.3 is 14.4 Å². The number of esters is 2. The minimum absolute atomic E-state index is 0.292. The molecular weight excluding hydrogens is 318 g/mol. The van der Waals surface area contributed by atoms with Crippen molar-refractivity contribution in [3.63, 3.8) is 0 Å². The van der Waals surface area contributed by atoms with Gasteiger partial charge in [-0.05, 0) is 24.1 Å². The van der Waals surface area contributed by atoms with Gasteiger partial charge in [0, 0.05) is 5.69 Å². The average molecular weight is 339 g/mol. The molecule has 0 spiro atoms. The number of para-hydroxylation sites is 1. The zero-order valence-corrected chi connectivity index (χ0v) is 14.3. The minimum Gasteiger partial charge on any atom is -0.469 e. The molecule has 3 atom stereocenters. The molecule has 5 nitrogen and oxygen atoms in total. The highest BCUT2D eigenvalue weighted by Crippen LogP contribution is 2.44. The highest BCUT2D eigenvalue weighted by Gasteiger charge is 2.49. The van der Waals surface area contributed by atoms with Crippen LogP contribution in [0.25, 0.3) is 0 Å². The van der Waals surface area contributed by atoms with Crippen LogP contribution in [0.15, 0.2) is 60.7 Å². The Morgan fingerprint density at radius 3 is 2.00 bits per heavy atom. The van der Waals surface area contributed by atoms with Crippen molar-refractivity contribution in [2.75, 3.05) is 19.1 Å². The number of nitrogens with zero attached hydrogens (tertiary/aromatic N) is 1. The van der Waals surface area contributed by atoms with Gasteiger partial charge in [-0.1, -0.05) is 48.5 Å². The maximum atomic E-state index is 12.4. The molecule has 1 aliphatic heterocycles. The lowest BCUT2D eigenvalue weighted by atomic mass is 9.93. The van der Waals surface area contributed by atoms with E-state index in [4.69, 9.17) is 9.47 Å². The molecular formula is C20H21NO4. The molecule has 0 bridgehead atoms. The molecule has 2 aromatic carbocycles. The summed E-state index contributed by atoms with van der Waals surface area (Å²) in [7, 11) is 2.75. The van der Waals surface area contributed by atoms with Crippen LogP contribution in [-0.2, 0) is 19.1 Å². The quantitative estimate of drug-likeness (QED) is 0.802. The minimum atomic E-state index is -0.540. The Kier molecular flexibility index (Phi) is 5.03. The number of hydrogen-bond donors (Lipinski definition) is 0. The Balaban J connectivity index is 2.12. The van der Waals surface area contributed by atoms with Crippen molar-refractivity contribution in [2.45, 2.75) is 18.5 Å². The van der Waals surface area contributed by atoms with Crippen LogP contribution in [0, 0.1) is 5.92 Å². The lowest BCUT2D eigenvalue weighted by molar-refractivity contribution is -0.146. The maximum Gasteiger partial charge on any atom is 0.328 e. The summed E-state index contributed by atoms with van der Waals surface area (Å²) in [5.74, 6) is -1.12. The summed E-state index contributed by atoms with van der Waals surface area (Å²) in [6.45, 7) is 0. The number of ether oxygens (including phenoxy) is 2. The molecule has 1 saturated heterocycles. The number of anilines is 1. The third-order valence-electron chi connectivity index (χ3n) is 4.67. The summed E-state index contributed by atoms with van der Waals surface area (Å²) < 4.78 is 10.0. The molecule has 1 aliphatic rings. The highest BCUT2D eigenvalue weighted by molar-refractivity contribution is 5.85. The Morgan fingerprint density at radius 2 is 1.44 bits per heavy atom. The Morgan fingerprint density at radius 1 is 0.880 bits per heavy atom. The lowest BCUT2D eigenvalue weighted by Gasteiger charge is -2.32. The molecule has 2 aromatic rings. The first-order valence-corrected chi connectivity index (χ1v) is 8.21. The molecule has 0 amide bonds. The van der Waals surface area contributed by atoms with E-state index in [-0.39, 0.29) is 18.0 Å². The van der Waals surface area contributed by atoms with E-state index in [0.29, 0.717) is 6.42 Å². The first-order valence-electron chi connectivity index (χ1n) is 8.21. The van der Waals surface area contributed by atoms with Gasteiger partial charge in [-0.15, -0.1) is 0 Å². The Bertz CT molecular complexity index is 668. The molecule has 25 heavy (non-hydrogen) atoms. The van der Waals surface area contributed by atoms with E-state index in [0.717, 1.165) is 11.3 Å². The van der Waals surface area contributed by atoms with Crippen molar-refractivity contribution in [3.8, 4) is 0 Å². The van der Waals surface area contributed by atoms with Crippen molar-refractivity contribution in [2.24, 2.45) is 5.92 Å². The third-order valence-corrected chi connectivity index (χ3v) is 4.67. The van der Waals surface area contributed by atoms with E-state index in [9.17, 15) is 9.59 Å². The van der Waals surface area contributed by atoms with E-state index in [1.165, 1.54) is 14.2 Å². The fourth-order valence-electron chi connectivity index (χ4n) is 3.58. The third kappa shape index (κ3) is 3.22. The van der Waals surface area contributed by atoms with Crippen molar-refractivity contribution < 1.29 is 19.1 Å². The molecule has 0 N–H and O–H groups in total. The molecule has 0 aromatic heterocycles. The largest absolute Gasteiger partial charge is 0.469 e. The second kappa shape index (κ2) is 7.38. The predicted octanol–water partition coefficient (Wildman–Crippen LogP) is 2.97. The number of carbonyl (C=O) groups is 2. The molecule has 0 unspecified atom stereocenters. The lowest BCUT2D eigenvalue weighted by Crippen LogP contribution is -2.38. The van der Waals surface area contributed by atoms with Gasteiger partial charge in [-0.2, -0.15) is 0 Å². The smallest absolute Gasteiger partial charge is 0.328 e. The van der Waals surface area contributed by atoms with Crippen LogP contribution >= 0.6 is 0 Å². The van der Waals surface area contributed by atoms with Crippen molar-refractivity contribution >= 4 is 17.6 Å². The van der Waals surface area contributed by atoms with Gasteiger partial charge in [0.1, 0.15) is 6.04 Å². The van der Waals surface area contributed by atoms with Crippen LogP contribution in [0.4, 0.5) is 5.69 Å². The first kappa shape index (κ1) is 17.0. The SMILES string of the molecule is COC(=O)[C@H]1C[C@H](C(=O)OC)N(c2ccccc2)[C@H]1c1ccccc1. The average Bonchev–Trinajstić information content (AvgIpc) is 3.08. The standard InChI is InChI=1S/C20H21NO4/c1-24-19(22)16-13-17(20(23)25-2)21(15-11-7-4-8-12-15)18(16)14-9-5-3-6-10-14/h3-12,16-18H,13H2,1-2H3/t16-,17+,18-/m0/s1. The van der Waals surface area contributed by atoms with Gasteiger partial charge in [-0.3, -0.25) is 4.79 Å². The summed E-state index contributed by atoms with van der Waals surface area (Å²) in [5, 5.41) is 0. The van der Waals surface area contributed by atoms with Gasteiger partial charge in [0.25, 0.3) is 0 Å². The summed E-state index contributed by atoms with van der Waals surface area (Å²) in [6.07, 6.45) is 0.355.